The summed E-state index contributed by atoms with van der Waals surface area (Å²) in [6, 6.07) is 10.3. The maximum atomic E-state index is 12.0. The zero-order chi connectivity index (χ0) is 20.5. The van der Waals surface area contributed by atoms with Gasteiger partial charge in [0.15, 0.2) is 0 Å². The highest BCUT2D eigenvalue weighted by atomic mass is 79.9. The molecule has 2 amide bonds. The molecule has 0 bridgehead atoms. The number of benzene rings is 2. The molecule has 9 heteroatoms. The Hall–Kier alpha value is -2.09. The third-order valence-corrected chi connectivity index (χ3v) is 4.69. The van der Waals surface area contributed by atoms with Gasteiger partial charge in [-0.15, -0.1) is 0 Å². The summed E-state index contributed by atoms with van der Waals surface area (Å²) in [6.07, 6.45) is 1.91. The second-order valence-electron chi connectivity index (χ2n) is 5.65. The number of nitrogens with zero attached hydrogens (tertiary/aromatic N) is 1. The van der Waals surface area contributed by atoms with Crippen LogP contribution in [-0.4, -0.2) is 24.6 Å². The van der Waals surface area contributed by atoms with E-state index in [0.29, 0.717) is 28.6 Å². The number of ether oxygens (including phenoxy) is 1. The number of amides is 2. The van der Waals surface area contributed by atoms with Crippen molar-refractivity contribution in [1.29, 1.82) is 0 Å². The third kappa shape index (κ3) is 6.82. The third-order valence-electron chi connectivity index (χ3n) is 3.37. The van der Waals surface area contributed by atoms with Gasteiger partial charge in [-0.1, -0.05) is 52.1 Å². The van der Waals surface area contributed by atoms with Crippen molar-refractivity contribution in [2.75, 3.05) is 11.9 Å². The Morgan fingerprint density at radius 2 is 2.00 bits per heavy atom. The normalized spacial score (nSPS) is 10.7. The van der Waals surface area contributed by atoms with Gasteiger partial charge in [0.05, 0.1) is 28.6 Å². The molecule has 0 aliphatic carbocycles. The predicted octanol–water partition coefficient (Wildman–Crippen LogP) is 5.02. The molecule has 28 heavy (non-hydrogen) atoms. The second-order valence-corrected chi connectivity index (χ2v) is 7.35. The van der Waals surface area contributed by atoms with Gasteiger partial charge in [-0.05, 0) is 36.8 Å². The molecule has 0 atom stereocenters. The zero-order valence-corrected chi connectivity index (χ0v) is 18.1. The highest BCUT2D eigenvalue weighted by Gasteiger charge is 2.12. The fourth-order valence-corrected chi connectivity index (χ4v) is 2.84. The standard InChI is InChI=1S/C19H18BrCl2N3O3/c1-2-8-28-16-7-6-13(20)9-12(16)11-23-25-18(27)10-17(26)24-15-5-3-4-14(21)19(15)22/h3-7,9,11H,2,8,10H2,1H3,(H,24,26)(H,25,27). The molecule has 0 spiro atoms. The van der Waals surface area contributed by atoms with Crippen molar-refractivity contribution in [2.45, 2.75) is 19.8 Å². The second kappa shape index (κ2) is 11.0. The van der Waals surface area contributed by atoms with Crippen LogP contribution in [0.15, 0.2) is 46.0 Å². The Kier molecular flexibility index (Phi) is 8.76. The van der Waals surface area contributed by atoms with Crippen LogP contribution in [0.5, 0.6) is 5.75 Å². The van der Waals surface area contributed by atoms with Crippen LogP contribution in [0.25, 0.3) is 0 Å². The van der Waals surface area contributed by atoms with Crippen LogP contribution in [0.3, 0.4) is 0 Å². The van der Waals surface area contributed by atoms with E-state index in [1.54, 1.807) is 18.2 Å². The van der Waals surface area contributed by atoms with Crippen molar-refractivity contribution in [3.63, 3.8) is 0 Å². The number of hydrogen-bond acceptors (Lipinski definition) is 4. The first kappa shape index (κ1) is 22.2. The first-order valence-electron chi connectivity index (χ1n) is 8.38. The number of carbonyl (C=O) groups is 2. The summed E-state index contributed by atoms with van der Waals surface area (Å²) in [7, 11) is 0. The maximum Gasteiger partial charge on any atom is 0.249 e. The lowest BCUT2D eigenvalue weighted by molar-refractivity contribution is -0.126. The molecule has 0 unspecified atom stereocenters. The summed E-state index contributed by atoms with van der Waals surface area (Å²) in [5.74, 6) is -0.458. The Morgan fingerprint density at radius 3 is 2.75 bits per heavy atom. The topological polar surface area (TPSA) is 79.8 Å². The molecule has 0 aliphatic heterocycles. The van der Waals surface area contributed by atoms with Crippen molar-refractivity contribution < 1.29 is 14.3 Å². The lowest BCUT2D eigenvalue weighted by Crippen LogP contribution is -2.24. The summed E-state index contributed by atoms with van der Waals surface area (Å²) in [4.78, 5) is 23.9. The van der Waals surface area contributed by atoms with Gasteiger partial charge >= 0.3 is 0 Å². The van der Waals surface area contributed by atoms with Gasteiger partial charge < -0.3 is 10.1 Å². The Bertz CT molecular complexity index is 891. The minimum atomic E-state index is -0.571. The molecule has 2 aromatic carbocycles. The van der Waals surface area contributed by atoms with E-state index < -0.39 is 18.2 Å². The van der Waals surface area contributed by atoms with Gasteiger partial charge in [-0.2, -0.15) is 5.10 Å². The zero-order valence-electron chi connectivity index (χ0n) is 15.0. The van der Waals surface area contributed by atoms with Crippen LogP contribution < -0.4 is 15.5 Å². The molecule has 0 heterocycles. The number of hydrogen-bond donors (Lipinski definition) is 2. The predicted molar refractivity (Wildman–Crippen MR) is 115 cm³/mol. The number of anilines is 1. The van der Waals surface area contributed by atoms with Gasteiger partial charge in [0, 0.05) is 10.0 Å². The molecule has 0 aliphatic rings. The number of halogens is 3. The molecule has 0 radical (unpaired) electrons. The van der Waals surface area contributed by atoms with Crippen LogP contribution in [0.2, 0.25) is 10.0 Å². The minimum absolute atomic E-state index is 0.213. The van der Waals surface area contributed by atoms with Crippen molar-refractivity contribution in [1.82, 2.24) is 5.43 Å². The highest BCUT2D eigenvalue weighted by Crippen LogP contribution is 2.29. The van der Waals surface area contributed by atoms with Gasteiger partial charge in [-0.3, -0.25) is 9.59 Å². The van der Waals surface area contributed by atoms with E-state index in [1.807, 2.05) is 25.1 Å². The number of hydrazone groups is 1. The molecule has 0 saturated carbocycles. The quantitative estimate of drug-likeness (QED) is 0.312. The molecule has 2 rings (SSSR count). The Labute approximate surface area is 181 Å². The lowest BCUT2D eigenvalue weighted by Gasteiger charge is -2.08. The van der Waals surface area contributed by atoms with E-state index >= 15 is 0 Å². The van der Waals surface area contributed by atoms with Crippen LogP contribution in [0.4, 0.5) is 5.69 Å². The fourth-order valence-electron chi connectivity index (χ4n) is 2.12. The number of nitrogens with one attached hydrogen (secondary N) is 2. The molecule has 0 aromatic heterocycles. The van der Waals surface area contributed by atoms with Gasteiger partial charge in [-0.25, -0.2) is 5.43 Å². The number of rotatable bonds is 8. The summed E-state index contributed by atoms with van der Waals surface area (Å²) in [5, 5.41) is 6.95. The molecule has 0 saturated heterocycles. The van der Waals surface area contributed by atoms with E-state index in [4.69, 9.17) is 27.9 Å². The van der Waals surface area contributed by atoms with Crippen LogP contribution in [-0.2, 0) is 9.59 Å². The average Bonchev–Trinajstić information content (AvgIpc) is 2.65. The summed E-state index contributed by atoms with van der Waals surface area (Å²) < 4.78 is 6.49. The van der Waals surface area contributed by atoms with E-state index in [2.05, 4.69) is 31.8 Å². The SMILES string of the molecule is CCCOc1ccc(Br)cc1C=NNC(=O)CC(=O)Nc1cccc(Cl)c1Cl. The molecule has 0 fully saturated rings. The Morgan fingerprint density at radius 1 is 1.21 bits per heavy atom. The molecule has 6 nitrogen and oxygen atoms in total. The summed E-state index contributed by atoms with van der Waals surface area (Å²) >= 11 is 15.3. The maximum absolute atomic E-state index is 12.0. The molecule has 2 N–H and O–H groups in total. The van der Waals surface area contributed by atoms with E-state index in [0.717, 1.165) is 10.9 Å². The Balaban J connectivity index is 1.92. The minimum Gasteiger partial charge on any atom is -0.493 e. The largest absolute Gasteiger partial charge is 0.493 e. The first-order valence-corrected chi connectivity index (χ1v) is 9.93. The number of carbonyl (C=O) groups excluding carboxylic acids is 2. The van der Waals surface area contributed by atoms with Crippen LogP contribution >= 0.6 is 39.1 Å². The van der Waals surface area contributed by atoms with Crippen LogP contribution in [0, 0.1) is 0 Å². The fraction of sp³-hybridized carbons (Fsp3) is 0.211. The van der Waals surface area contributed by atoms with E-state index in [-0.39, 0.29) is 5.02 Å². The van der Waals surface area contributed by atoms with Crippen LogP contribution in [0.1, 0.15) is 25.3 Å². The summed E-state index contributed by atoms with van der Waals surface area (Å²) in [6.45, 7) is 2.58. The van der Waals surface area contributed by atoms with Crippen molar-refractivity contribution >= 4 is 62.8 Å². The molecular formula is C19H18BrCl2N3O3. The summed E-state index contributed by atoms with van der Waals surface area (Å²) in [5.41, 5.74) is 3.34. The van der Waals surface area contributed by atoms with E-state index in [9.17, 15) is 9.59 Å². The van der Waals surface area contributed by atoms with E-state index in [1.165, 1.54) is 6.21 Å². The highest BCUT2D eigenvalue weighted by molar-refractivity contribution is 9.10. The molecular weight excluding hydrogens is 469 g/mol. The van der Waals surface area contributed by atoms with Gasteiger partial charge in [0.25, 0.3) is 0 Å². The molecule has 2 aromatic rings. The van der Waals surface area contributed by atoms with Crippen molar-refractivity contribution in [3.8, 4) is 5.75 Å². The average molecular weight is 487 g/mol. The lowest BCUT2D eigenvalue weighted by atomic mass is 10.2. The monoisotopic (exact) mass is 485 g/mol. The van der Waals surface area contributed by atoms with Gasteiger partial charge in [0.1, 0.15) is 12.2 Å². The van der Waals surface area contributed by atoms with Crippen molar-refractivity contribution in [3.05, 3.63) is 56.5 Å². The smallest absolute Gasteiger partial charge is 0.249 e. The van der Waals surface area contributed by atoms with Gasteiger partial charge in [0.2, 0.25) is 11.8 Å². The first-order chi connectivity index (χ1) is 13.4. The van der Waals surface area contributed by atoms with Crippen molar-refractivity contribution in [2.24, 2.45) is 5.10 Å². The molecule has 148 valence electrons.